The molecule has 0 spiro atoms. The van der Waals surface area contributed by atoms with E-state index in [1.807, 2.05) is 18.2 Å². The van der Waals surface area contributed by atoms with E-state index in [1.165, 1.54) is 35.0 Å². The molecule has 0 atom stereocenters. The maximum Gasteiger partial charge on any atom is 0.164 e. The molecule has 200 valence electrons. The third-order valence-electron chi connectivity index (χ3n) is 7.28. The molecule has 3 nitrogen and oxygen atoms in total. The highest BCUT2D eigenvalue weighted by atomic mass is 19.1. The first kappa shape index (κ1) is 25.4. The van der Waals surface area contributed by atoms with Crippen LogP contribution in [0.25, 0.3) is 67.2 Å². The summed E-state index contributed by atoms with van der Waals surface area (Å²) in [6, 6.07) is 43.4. The molecule has 0 fully saturated rings. The first-order valence-electron chi connectivity index (χ1n) is 13.6. The normalized spacial score (nSPS) is 11.1. The van der Waals surface area contributed by atoms with E-state index in [-0.39, 0.29) is 11.6 Å². The van der Waals surface area contributed by atoms with Crippen molar-refractivity contribution in [1.29, 1.82) is 0 Å². The van der Waals surface area contributed by atoms with Crippen LogP contribution in [0.5, 0.6) is 0 Å². The zero-order valence-corrected chi connectivity index (χ0v) is 22.4. The Morgan fingerprint density at radius 2 is 0.714 bits per heavy atom. The van der Waals surface area contributed by atoms with Crippen LogP contribution in [0.2, 0.25) is 0 Å². The number of hydrogen-bond acceptors (Lipinski definition) is 3. The maximum absolute atomic E-state index is 13.6. The van der Waals surface area contributed by atoms with Crippen LogP contribution in [-0.4, -0.2) is 15.0 Å². The second kappa shape index (κ2) is 10.8. The summed E-state index contributed by atoms with van der Waals surface area (Å²) in [5.41, 5.74) is 6.60. The summed E-state index contributed by atoms with van der Waals surface area (Å²) in [5, 5.41) is 2.41. The van der Waals surface area contributed by atoms with Gasteiger partial charge in [0.15, 0.2) is 17.5 Å². The van der Waals surface area contributed by atoms with Gasteiger partial charge in [-0.15, -0.1) is 0 Å². The van der Waals surface area contributed by atoms with Crippen LogP contribution in [-0.2, 0) is 0 Å². The topological polar surface area (TPSA) is 38.7 Å². The van der Waals surface area contributed by atoms with Gasteiger partial charge in [0, 0.05) is 16.7 Å². The number of nitrogens with zero attached hydrogens (tertiary/aromatic N) is 3. The van der Waals surface area contributed by atoms with Crippen LogP contribution in [0.3, 0.4) is 0 Å². The highest BCUT2D eigenvalue weighted by molar-refractivity contribution is 5.91. The minimum atomic E-state index is -0.341. The fourth-order valence-electron chi connectivity index (χ4n) is 5.10. The van der Waals surface area contributed by atoms with Gasteiger partial charge in [-0.2, -0.15) is 0 Å². The molecule has 0 aliphatic carbocycles. The molecule has 0 aliphatic rings. The standard InChI is InChI=1S/C37H23F2N3/c38-31-19-15-27(16-20-31)36-40-35(41-37(42-36)28-17-21-32(39)22-18-28)26-12-10-25(11-13-26)33-7-3-4-8-34(33)30-14-9-24-5-1-2-6-29(24)23-30/h1-23H. The smallest absolute Gasteiger partial charge is 0.164 e. The van der Waals surface area contributed by atoms with Gasteiger partial charge in [0.1, 0.15) is 11.6 Å². The molecule has 0 saturated carbocycles. The lowest BCUT2D eigenvalue weighted by molar-refractivity contribution is 0.627. The van der Waals surface area contributed by atoms with Gasteiger partial charge in [-0.1, -0.05) is 84.9 Å². The Morgan fingerprint density at radius 3 is 1.24 bits per heavy atom. The number of benzene rings is 6. The second-order valence-electron chi connectivity index (χ2n) is 10.0. The van der Waals surface area contributed by atoms with E-state index < -0.39 is 0 Å². The SMILES string of the molecule is Fc1ccc(-c2nc(-c3ccc(F)cc3)nc(-c3ccc(-c4ccccc4-c4ccc5ccccc5c4)cc3)n2)cc1. The first-order valence-corrected chi connectivity index (χ1v) is 13.6. The first-order chi connectivity index (χ1) is 20.6. The van der Waals surface area contributed by atoms with Crippen molar-refractivity contribution in [3.05, 3.63) is 151 Å². The minimum Gasteiger partial charge on any atom is -0.208 e. The molecule has 0 aliphatic heterocycles. The van der Waals surface area contributed by atoms with E-state index in [2.05, 4.69) is 77.8 Å². The fraction of sp³-hybridized carbons (Fsp3) is 0. The Balaban J connectivity index is 1.29. The maximum atomic E-state index is 13.6. The summed E-state index contributed by atoms with van der Waals surface area (Å²) in [4.78, 5) is 14.1. The molecule has 1 heterocycles. The van der Waals surface area contributed by atoms with E-state index in [0.29, 0.717) is 28.6 Å². The van der Waals surface area contributed by atoms with Crippen molar-refractivity contribution in [1.82, 2.24) is 15.0 Å². The van der Waals surface area contributed by atoms with Gasteiger partial charge < -0.3 is 0 Å². The lowest BCUT2D eigenvalue weighted by Gasteiger charge is -2.12. The quantitative estimate of drug-likeness (QED) is 0.215. The Morgan fingerprint density at radius 1 is 0.333 bits per heavy atom. The Bertz CT molecular complexity index is 1970. The van der Waals surface area contributed by atoms with Crippen LogP contribution < -0.4 is 0 Å². The predicted molar refractivity (Wildman–Crippen MR) is 164 cm³/mol. The van der Waals surface area contributed by atoms with Gasteiger partial charge in [-0.3, -0.25) is 0 Å². The largest absolute Gasteiger partial charge is 0.208 e. The van der Waals surface area contributed by atoms with Crippen LogP contribution in [0.1, 0.15) is 0 Å². The van der Waals surface area contributed by atoms with Gasteiger partial charge in [-0.05, 0) is 87.6 Å². The Hall–Kier alpha value is -5.55. The Labute approximate surface area is 241 Å². The van der Waals surface area contributed by atoms with Gasteiger partial charge in [0.25, 0.3) is 0 Å². The summed E-state index contributed by atoms with van der Waals surface area (Å²) in [6.07, 6.45) is 0. The highest BCUT2D eigenvalue weighted by Crippen LogP contribution is 2.35. The van der Waals surface area contributed by atoms with Crippen LogP contribution in [0.4, 0.5) is 8.78 Å². The van der Waals surface area contributed by atoms with E-state index in [9.17, 15) is 8.78 Å². The zero-order chi connectivity index (χ0) is 28.5. The third-order valence-corrected chi connectivity index (χ3v) is 7.28. The van der Waals surface area contributed by atoms with E-state index >= 15 is 0 Å². The molecule has 0 bridgehead atoms. The summed E-state index contributed by atoms with van der Waals surface area (Å²) in [7, 11) is 0. The number of fused-ring (bicyclic) bond motifs is 1. The van der Waals surface area contributed by atoms with E-state index in [4.69, 9.17) is 9.97 Å². The van der Waals surface area contributed by atoms with Crippen molar-refractivity contribution in [3.63, 3.8) is 0 Å². The molecule has 1 aromatic heterocycles. The summed E-state index contributed by atoms with van der Waals surface area (Å²) >= 11 is 0. The fourth-order valence-corrected chi connectivity index (χ4v) is 5.10. The molecule has 42 heavy (non-hydrogen) atoms. The molecule has 0 N–H and O–H groups in total. The lowest BCUT2D eigenvalue weighted by Crippen LogP contribution is -2.00. The van der Waals surface area contributed by atoms with Crippen molar-refractivity contribution in [3.8, 4) is 56.4 Å². The number of hydrogen-bond donors (Lipinski definition) is 0. The lowest BCUT2D eigenvalue weighted by atomic mass is 9.93. The molecule has 0 saturated heterocycles. The van der Waals surface area contributed by atoms with Crippen molar-refractivity contribution in [2.75, 3.05) is 0 Å². The van der Waals surface area contributed by atoms with Gasteiger partial charge >= 0.3 is 0 Å². The molecule has 0 radical (unpaired) electrons. The third kappa shape index (κ3) is 5.04. The van der Waals surface area contributed by atoms with Crippen molar-refractivity contribution in [2.24, 2.45) is 0 Å². The summed E-state index contributed by atoms with van der Waals surface area (Å²) in [5.74, 6) is 0.603. The van der Waals surface area contributed by atoms with E-state index in [1.54, 1.807) is 24.3 Å². The van der Waals surface area contributed by atoms with Crippen molar-refractivity contribution < 1.29 is 8.78 Å². The van der Waals surface area contributed by atoms with Gasteiger partial charge in [-0.25, -0.2) is 23.7 Å². The molecule has 0 amide bonds. The predicted octanol–water partition coefficient (Wildman–Crippen LogP) is 9.64. The molecular formula is C37H23F2N3. The van der Waals surface area contributed by atoms with Gasteiger partial charge in [0.05, 0.1) is 0 Å². The summed E-state index contributed by atoms with van der Waals surface area (Å²) in [6.45, 7) is 0. The monoisotopic (exact) mass is 547 g/mol. The molecule has 7 rings (SSSR count). The van der Waals surface area contributed by atoms with E-state index in [0.717, 1.165) is 27.8 Å². The van der Waals surface area contributed by atoms with Crippen LogP contribution in [0.15, 0.2) is 140 Å². The molecule has 0 unspecified atom stereocenters. The Kier molecular flexibility index (Phi) is 6.53. The zero-order valence-electron chi connectivity index (χ0n) is 22.4. The summed E-state index contributed by atoms with van der Waals surface area (Å²) < 4.78 is 27.2. The molecule has 6 aromatic carbocycles. The minimum absolute atomic E-state index is 0.341. The van der Waals surface area contributed by atoms with Gasteiger partial charge in [0.2, 0.25) is 0 Å². The van der Waals surface area contributed by atoms with Crippen LogP contribution in [0, 0.1) is 11.6 Å². The second-order valence-corrected chi connectivity index (χ2v) is 10.0. The van der Waals surface area contributed by atoms with Crippen molar-refractivity contribution in [2.45, 2.75) is 0 Å². The van der Waals surface area contributed by atoms with Crippen molar-refractivity contribution >= 4 is 10.8 Å². The molecule has 5 heteroatoms. The highest BCUT2D eigenvalue weighted by Gasteiger charge is 2.14. The average molecular weight is 548 g/mol. The average Bonchev–Trinajstić information content (AvgIpc) is 3.05. The van der Waals surface area contributed by atoms with Crippen LogP contribution >= 0.6 is 0 Å². The number of halogens is 2. The molecular weight excluding hydrogens is 524 g/mol. The molecule has 7 aromatic rings. The number of aromatic nitrogens is 3. The number of rotatable bonds is 5.